The van der Waals surface area contributed by atoms with E-state index >= 15 is 0 Å². The third-order valence-corrected chi connectivity index (χ3v) is 4.60. The number of sulfonamides is 1. The predicted molar refractivity (Wildman–Crippen MR) is 86.3 cm³/mol. The first-order valence-corrected chi connectivity index (χ1v) is 8.95. The highest BCUT2D eigenvalue weighted by atomic mass is 35.5. The SMILES string of the molecule is CCN(CC)C(=O)CN(c1cc(Cl)ccc1C)S(C)(=O)=O. The smallest absolute Gasteiger partial charge is 0.243 e. The van der Waals surface area contributed by atoms with Gasteiger partial charge in [-0.3, -0.25) is 9.10 Å². The molecule has 0 heterocycles. The summed E-state index contributed by atoms with van der Waals surface area (Å²) in [4.78, 5) is 13.8. The summed E-state index contributed by atoms with van der Waals surface area (Å²) in [5, 5.41) is 0.430. The number of carbonyl (C=O) groups excluding carboxylic acids is 1. The van der Waals surface area contributed by atoms with Crippen LogP contribution in [-0.4, -0.2) is 45.1 Å². The molecule has 0 aliphatic rings. The topological polar surface area (TPSA) is 57.7 Å². The van der Waals surface area contributed by atoms with Crippen molar-refractivity contribution in [1.29, 1.82) is 0 Å². The Morgan fingerprint density at radius 1 is 1.24 bits per heavy atom. The number of anilines is 1. The molecule has 118 valence electrons. The number of hydrogen-bond donors (Lipinski definition) is 0. The van der Waals surface area contributed by atoms with Crippen molar-refractivity contribution in [3.63, 3.8) is 0 Å². The summed E-state index contributed by atoms with van der Waals surface area (Å²) < 4.78 is 25.2. The van der Waals surface area contributed by atoms with Gasteiger partial charge >= 0.3 is 0 Å². The fourth-order valence-electron chi connectivity index (χ4n) is 2.03. The van der Waals surface area contributed by atoms with Crippen LogP contribution in [0.3, 0.4) is 0 Å². The molecule has 0 aliphatic heterocycles. The van der Waals surface area contributed by atoms with E-state index in [1.165, 1.54) is 0 Å². The molecule has 0 radical (unpaired) electrons. The molecular formula is C14H21ClN2O3S. The van der Waals surface area contributed by atoms with E-state index in [9.17, 15) is 13.2 Å². The minimum atomic E-state index is -3.58. The second-order valence-corrected chi connectivity index (χ2v) is 7.11. The first-order chi connectivity index (χ1) is 9.70. The van der Waals surface area contributed by atoms with E-state index in [0.717, 1.165) is 16.1 Å². The molecule has 21 heavy (non-hydrogen) atoms. The third-order valence-electron chi connectivity index (χ3n) is 3.24. The molecule has 7 heteroatoms. The van der Waals surface area contributed by atoms with Crippen molar-refractivity contribution in [3.05, 3.63) is 28.8 Å². The minimum Gasteiger partial charge on any atom is -0.342 e. The van der Waals surface area contributed by atoms with Crippen molar-refractivity contribution in [2.45, 2.75) is 20.8 Å². The standard InChI is InChI=1S/C14H21ClN2O3S/c1-5-16(6-2)14(18)10-17(21(4,19)20)13-9-12(15)8-7-11(13)3/h7-9H,5-6,10H2,1-4H3. The van der Waals surface area contributed by atoms with E-state index in [0.29, 0.717) is 23.8 Å². The minimum absolute atomic E-state index is 0.221. The molecule has 1 aromatic carbocycles. The Hall–Kier alpha value is -1.27. The van der Waals surface area contributed by atoms with Gasteiger partial charge in [-0.15, -0.1) is 0 Å². The van der Waals surface area contributed by atoms with Crippen LogP contribution in [0.1, 0.15) is 19.4 Å². The molecule has 0 aliphatic carbocycles. The van der Waals surface area contributed by atoms with E-state index in [4.69, 9.17) is 11.6 Å². The molecule has 1 rings (SSSR count). The highest BCUT2D eigenvalue weighted by molar-refractivity contribution is 7.92. The van der Waals surface area contributed by atoms with Gasteiger partial charge in [0.2, 0.25) is 15.9 Å². The zero-order chi connectivity index (χ0) is 16.2. The van der Waals surface area contributed by atoms with Crippen LogP contribution in [0, 0.1) is 6.92 Å². The molecule has 5 nitrogen and oxygen atoms in total. The van der Waals surface area contributed by atoms with Gasteiger partial charge in [0.25, 0.3) is 0 Å². The van der Waals surface area contributed by atoms with Gasteiger partial charge in [-0.25, -0.2) is 8.42 Å². The Bertz CT molecular complexity index is 613. The molecule has 0 atom stereocenters. The lowest BCUT2D eigenvalue weighted by Crippen LogP contribution is -2.42. The number of benzene rings is 1. The van der Waals surface area contributed by atoms with Crippen LogP contribution < -0.4 is 4.31 Å². The van der Waals surface area contributed by atoms with Crippen LogP contribution in [0.2, 0.25) is 5.02 Å². The summed E-state index contributed by atoms with van der Waals surface area (Å²) in [5.74, 6) is -0.232. The number of rotatable bonds is 6. The maximum atomic E-state index is 12.2. The molecular weight excluding hydrogens is 312 g/mol. The van der Waals surface area contributed by atoms with Crippen molar-refractivity contribution >= 4 is 33.2 Å². The first kappa shape index (κ1) is 17.8. The van der Waals surface area contributed by atoms with E-state index in [1.54, 1.807) is 30.0 Å². The van der Waals surface area contributed by atoms with Crippen LogP contribution in [0.25, 0.3) is 0 Å². The Morgan fingerprint density at radius 3 is 2.29 bits per heavy atom. The van der Waals surface area contributed by atoms with Gasteiger partial charge in [0.15, 0.2) is 0 Å². The Labute approximate surface area is 131 Å². The average Bonchev–Trinajstić information content (AvgIpc) is 2.39. The lowest BCUT2D eigenvalue weighted by Gasteiger charge is -2.27. The molecule has 1 aromatic rings. The molecule has 0 aromatic heterocycles. The zero-order valence-electron chi connectivity index (χ0n) is 12.8. The summed E-state index contributed by atoms with van der Waals surface area (Å²) in [5.41, 5.74) is 1.18. The maximum absolute atomic E-state index is 12.2. The summed E-state index contributed by atoms with van der Waals surface area (Å²) in [6, 6.07) is 4.98. The lowest BCUT2D eigenvalue weighted by molar-refractivity contribution is -0.129. The molecule has 0 saturated heterocycles. The molecule has 0 bridgehead atoms. The molecule has 0 N–H and O–H groups in total. The van der Waals surface area contributed by atoms with E-state index in [2.05, 4.69) is 0 Å². The fraction of sp³-hybridized carbons (Fsp3) is 0.500. The van der Waals surface area contributed by atoms with Gasteiger partial charge in [0.05, 0.1) is 11.9 Å². The number of carbonyl (C=O) groups is 1. The van der Waals surface area contributed by atoms with Crippen molar-refractivity contribution < 1.29 is 13.2 Å². The van der Waals surface area contributed by atoms with Crippen molar-refractivity contribution in [1.82, 2.24) is 4.90 Å². The average molecular weight is 333 g/mol. The monoisotopic (exact) mass is 332 g/mol. The number of nitrogens with zero attached hydrogens (tertiary/aromatic N) is 2. The summed E-state index contributed by atoms with van der Waals surface area (Å²) >= 11 is 5.95. The van der Waals surface area contributed by atoms with Crippen LogP contribution in [-0.2, 0) is 14.8 Å². The van der Waals surface area contributed by atoms with Gasteiger partial charge in [0.1, 0.15) is 6.54 Å². The number of aryl methyl sites for hydroxylation is 1. The van der Waals surface area contributed by atoms with E-state index in [-0.39, 0.29) is 12.5 Å². The van der Waals surface area contributed by atoms with Crippen molar-refractivity contribution in [2.24, 2.45) is 0 Å². The maximum Gasteiger partial charge on any atom is 0.243 e. The lowest BCUT2D eigenvalue weighted by atomic mass is 10.2. The number of hydrogen-bond acceptors (Lipinski definition) is 3. The summed E-state index contributed by atoms with van der Waals surface area (Å²) in [7, 11) is -3.58. The second-order valence-electron chi connectivity index (χ2n) is 4.77. The van der Waals surface area contributed by atoms with E-state index in [1.807, 2.05) is 13.8 Å². The Kier molecular flexibility index (Phi) is 6.04. The molecule has 1 amide bonds. The summed E-state index contributed by atoms with van der Waals surface area (Å²) in [6.07, 6.45) is 1.09. The van der Waals surface area contributed by atoms with Crippen LogP contribution in [0.4, 0.5) is 5.69 Å². The molecule has 0 saturated carbocycles. The van der Waals surface area contributed by atoms with Gasteiger partial charge in [-0.1, -0.05) is 17.7 Å². The Balaban J connectivity index is 3.20. The fourth-order valence-corrected chi connectivity index (χ4v) is 3.10. The zero-order valence-corrected chi connectivity index (χ0v) is 14.3. The second kappa shape index (κ2) is 7.13. The third kappa shape index (κ3) is 4.61. The number of halogens is 1. The number of amides is 1. The largest absolute Gasteiger partial charge is 0.342 e. The van der Waals surface area contributed by atoms with Gasteiger partial charge in [0, 0.05) is 18.1 Å². The van der Waals surface area contributed by atoms with Gasteiger partial charge in [-0.2, -0.15) is 0 Å². The first-order valence-electron chi connectivity index (χ1n) is 6.72. The summed E-state index contributed by atoms with van der Waals surface area (Å²) in [6.45, 7) is 6.37. The van der Waals surface area contributed by atoms with Crippen molar-refractivity contribution in [2.75, 3.05) is 30.2 Å². The normalized spacial score (nSPS) is 11.3. The highest BCUT2D eigenvalue weighted by Crippen LogP contribution is 2.26. The van der Waals surface area contributed by atoms with Crippen LogP contribution in [0.5, 0.6) is 0 Å². The molecule has 0 spiro atoms. The quantitative estimate of drug-likeness (QED) is 0.803. The Morgan fingerprint density at radius 2 is 1.81 bits per heavy atom. The molecule has 0 fully saturated rings. The predicted octanol–water partition coefficient (Wildman–Crippen LogP) is 2.28. The van der Waals surface area contributed by atoms with Gasteiger partial charge < -0.3 is 4.90 Å². The van der Waals surface area contributed by atoms with E-state index < -0.39 is 10.0 Å². The van der Waals surface area contributed by atoms with Gasteiger partial charge in [-0.05, 0) is 38.5 Å². The van der Waals surface area contributed by atoms with Crippen molar-refractivity contribution in [3.8, 4) is 0 Å². The van der Waals surface area contributed by atoms with Crippen LogP contribution >= 0.6 is 11.6 Å². The highest BCUT2D eigenvalue weighted by Gasteiger charge is 2.24. The number of likely N-dealkylation sites (N-methyl/N-ethyl adjacent to an activating group) is 1. The van der Waals surface area contributed by atoms with Crippen LogP contribution in [0.15, 0.2) is 18.2 Å². The molecule has 0 unspecified atom stereocenters.